The Morgan fingerprint density at radius 1 is 1.27 bits per heavy atom. The minimum absolute atomic E-state index is 0.166. The highest BCUT2D eigenvalue weighted by molar-refractivity contribution is 7.90. The lowest BCUT2D eigenvalue weighted by Crippen LogP contribution is -2.47. The van der Waals surface area contributed by atoms with Crippen LogP contribution in [-0.4, -0.2) is 45.2 Å². The van der Waals surface area contributed by atoms with Crippen LogP contribution in [0.5, 0.6) is 0 Å². The van der Waals surface area contributed by atoms with Gasteiger partial charge in [0.2, 0.25) is 10.0 Å². The summed E-state index contributed by atoms with van der Waals surface area (Å²) < 4.78 is 25.6. The molecule has 0 saturated heterocycles. The van der Waals surface area contributed by atoms with Gasteiger partial charge in [-0.3, -0.25) is 0 Å². The van der Waals surface area contributed by atoms with Crippen molar-refractivity contribution >= 4 is 10.0 Å². The van der Waals surface area contributed by atoms with E-state index in [0.29, 0.717) is 0 Å². The topological polar surface area (TPSA) is 49.4 Å². The fourth-order valence-corrected chi connectivity index (χ4v) is 3.33. The molecule has 0 heterocycles. The summed E-state index contributed by atoms with van der Waals surface area (Å²) in [6.07, 6.45) is 3.42. The maximum Gasteiger partial charge on any atom is 0.214 e. The summed E-state index contributed by atoms with van der Waals surface area (Å²) in [6, 6.07) is 0. The lowest BCUT2D eigenvalue weighted by molar-refractivity contribution is 0.121. The Hall–Kier alpha value is -0.130. The van der Waals surface area contributed by atoms with Crippen molar-refractivity contribution in [3.05, 3.63) is 0 Å². The van der Waals surface area contributed by atoms with E-state index in [1.54, 1.807) is 0 Å². The molecule has 1 aliphatic carbocycles. The highest BCUT2D eigenvalue weighted by Crippen LogP contribution is 2.34. The first-order valence-electron chi connectivity index (χ1n) is 5.41. The SMILES string of the molecule is CNS(=O)(=O)C1CCC(C)(N(C)C)CC1. The van der Waals surface area contributed by atoms with Crippen molar-refractivity contribution in [1.82, 2.24) is 9.62 Å². The van der Waals surface area contributed by atoms with Crippen LogP contribution in [0, 0.1) is 0 Å². The molecule has 1 rings (SSSR count). The zero-order valence-corrected chi connectivity index (χ0v) is 10.9. The Labute approximate surface area is 93.1 Å². The van der Waals surface area contributed by atoms with Gasteiger partial charge in [0.05, 0.1) is 5.25 Å². The lowest BCUT2D eigenvalue weighted by Gasteiger charge is -2.42. The standard InChI is InChI=1S/C10H22N2O2S/c1-10(12(3)4)7-5-9(6-8-10)15(13,14)11-2/h9,11H,5-8H2,1-4H3. The molecule has 0 atom stereocenters. The third-order valence-electron chi connectivity index (χ3n) is 3.81. The highest BCUT2D eigenvalue weighted by Gasteiger charge is 2.37. The summed E-state index contributed by atoms with van der Waals surface area (Å²) in [6.45, 7) is 2.20. The summed E-state index contributed by atoms with van der Waals surface area (Å²) in [5, 5.41) is -0.199. The summed E-state index contributed by atoms with van der Waals surface area (Å²) in [5.41, 5.74) is 0.166. The van der Waals surface area contributed by atoms with E-state index in [2.05, 4.69) is 30.6 Å². The maximum atomic E-state index is 11.6. The predicted molar refractivity (Wildman–Crippen MR) is 62.3 cm³/mol. The van der Waals surface area contributed by atoms with E-state index in [1.807, 2.05) is 0 Å². The van der Waals surface area contributed by atoms with Crippen LogP contribution in [0.15, 0.2) is 0 Å². The first-order valence-corrected chi connectivity index (χ1v) is 6.96. The van der Waals surface area contributed by atoms with Gasteiger partial charge in [-0.05, 0) is 53.8 Å². The van der Waals surface area contributed by atoms with Crippen LogP contribution in [0.3, 0.4) is 0 Å². The van der Waals surface area contributed by atoms with E-state index < -0.39 is 10.0 Å². The van der Waals surface area contributed by atoms with Crippen molar-refractivity contribution in [2.75, 3.05) is 21.1 Å². The van der Waals surface area contributed by atoms with Crippen molar-refractivity contribution in [3.63, 3.8) is 0 Å². The fourth-order valence-electron chi connectivity index (χ4n) is 2.14. The molecule has 0 aromatic carbocycles. The molecular formula is C10H22N2O2S. The Bertz CT molecular complexity index is 303. The molecule has 5 heteroatoms. The first kappa shape index (κ1) is 12.9. The molecule has 1 N–H and O–H groups in total. The molecule has 1 saturated carbocycles. The van der Waals surface area contributed by atoms with Gasteiger partial charge in [0.25, 0.3) is 0 Å². The third-order valence-corrected chi connectivity index (χ3v) is 5.73. The third kappa shape index (κ3) is 2.71. The predicted octanol–water partition coefficient (Wildman–Crippen LogP) is 0.798. The van der Waals surface area contributed by atoms with E-state index in [-0.39, 0.29) is 10.8 Å². The normalized spacial score (nSPS) is 33.3. The number of hydrogen-bond acceptors (Lipinski definition) is 3. The van der Waals surface area contributed by atoms with Crippen molar-refractivity contribution in [3.8, 4) is 0 Å². The minimum Gasteiger partial charge on any atom is -0.304 e. The monoisotopic (exact) mass is 234 g/mol. The van der Waals surface area contributed by atoms with Crippen LogP contribution < -0.4 is 4.72 Å². The Kier molecular flexibility index (Phi) is 3.79. The van der Waals surface area contributed by atoms with Gasteiger partial charge in [0.15, 0.2) is 0 Å². The molecule has 0 bridgehead atoms. The molecule has 0 aliphatic heterocycles. The average molecular weight is 234 g/mol. The first-order chi connectivity index (χ1) is 6.82. The maximum absolute atomic E-state index is 11.6. The van der Waals surface area contributed by atoms with Crippen LogP contribution >= 0.6 is 0 Å². The van der Waals surface area contributed by atoms with Gasteiger partial charge in [0, 0.05) is 5.54 Å². The smallest absolute Gasteiger partial charge is 0.214 e. The average Bonchev–Trinajstić information content (AvgIpc) is 2.18. The highest BCUT2D eigenvalue weighted by atomic mass is 32.2. The van der Waals surface area contributed by atoms with Crippen LogP contribution in [0.2, 0.25) is 0 Å². The summed E-state index contributed by atoms with van der Waals surface area (Å²) >= 11 is 0. The van der Waals surface area contributed by atoms with Gasteiger partial charge in [0.1, 0.15) is 0 Å². The number of rotatable bonds is 3. The second-order valence-electron chi connectivity index (χ2n) is 4.84. The summed E-state index contributed by atoms with van der Waals surface area (Å²) in [4.78, 5) is 2.20. The molecule has 0 unspecified atom stereocenters. The van der Waals surface area contributed by atoms with Crippen LogP contribution in [0.4, 0.5) is 0 Å². The van der Waals surface area contributed by atoms with Gasteiger partial charge >= 0.3 is 0 Å². The van der Waals surface area contributed by atoms with Gasteiger partial charge < -0.3 is 4.90 Å². The second kappa shape index (κ2) is 4.39. The molecule has 1 aliphatic rings. The fraction of sp³-hybridized carbons (Fsp3) is 1.00. The molecule has 90 valence electrons. The molecule has 4 nitrogen and oxygen atoms in total. The van der Waals surface area contributed by atoms with Crippen molar-refractivity contribution in [2.45, 2.75) is 43.4 Å². The van der Waals surface area contributed by atoms with E-state index in [9.17, 15) is 8.42 Å². The molecule has 15 heavy (non-hydrogen) atoms. The van der Waals surface area contributed by atoms with Crippen LogP contribution in [0.25, 0.3) is 0 Å². The van der Waals surface area contributed by atoms with Gasteiger partial charge in [-0.15, -0.1) is 0 Å². The Morgan fingerprint density at radius 3 is 2.07 bits per heavy atom. The van der Waals surface area contributed by atoms with Gasteiger partial charge in [-0.1, -0.05) is 0 Å². The lowest BCUT2D eigenvalue weighted by atomic mass is 9.82. The van der Waals surface area contributed by atoms with Crippen molar-refractivity contribution in [1.29, 1.82) is 0 Å². The number of nitrogens with zero attached hydrogens (tertiary/aromatic N) is 1. The zero-order valence-electron chi connectivity index (χ0n) is 10.1. The van der Waals surface area contributed by atoms with E-state index in [1.165, 1.54) is 7.05 Å². The number of sulfonamides is 1. The summed E-state index contributed by atoms with van der Waals surface area (Å²) in [5.74, 6) is 0. The zero-order chi connectivity index (χ0) is 11.7. The largest absolute Gasteiger partial charge is 0.304 e. The van der Waals surface area contributed by atoms with E-state index in [0.717, 1.165) is 25.7 Å². The molecular weight excluding hydrogens is 212 g/mol. The quantitative estimate of drug-likeness (QED) is 0.786. The number of nitrogens with one attached hydrogen (secondary N) is 1. The molecule has 0 aromatic heterocycles. The molecule has 0 radical (unpaired) electrons. The Morgan fingerprint density at radius 2 is 1.73 bits per heavy atom. The Balaban J connectivity index is 2.64. The van der Waals surface area contributed by atoms with Gasteiger partial charge in [-0.2, -0.15) is 0 Å². The molecule has 0 amide bonds. The molecule has 0 aromatic rings. The van der Waals surface area contributed by atoms with E-state index in [4.69, 9.17) is 0 Å². The van der Waals surface area contributed by atoms with Gasteiger partial charge in [-0.25, -0.2) is 13.1 Å². The van der Waals surface area contributed by atoms with Crippen LogP contribution in [-0.2, 0) is 10.0 Å². The minimum atomic E-state index is -3.07. The summed E-state index contributed by atoms with van der Waals surface area (Å²) in [7, 11) is 2.55. The van der Waals surface area contributed by atoms with E-state index >= 15 is 0 Å². The molecule has 0 spiro atoms. The number of hydrogen-bond donors (Lipinski definition) is 1. The second-order valence-corrected chi connectivity index (χ2v) is 7.00. The molecule has 1 fully saturated rings. The van der Waals surface area contributed by atoms with Crippen molar-refractivity contribution in [2.24, 2.45) is 0 Å². The van der Waals surface area contributed by atoms with Crippen LogP contribution in [0.1, 0.15) is 32.6 Å². The van der Waals surface area contributed by atoms with Crippen molar-refractivity contribution < 1.29 is 8.42 Å².